The molecule has 2 nitrogen and oxygen atoms in total. The fraction of sp³-hybridized carbons (Fsp3) is 0. The summed E-state index contributed by atoms with van der Waals surface area (Å²) in [5.41, 5.74) is 6.91. The molecule has 3 aromatic rings. The predicted octanol–water partition coefficient (Wildman–Crippen LogP) is 3.97. The first-order valence-corrected chi connectivity index (χ1v) is 5.92. The molecule has 2 N–H and O–H groups in total. The van der Waals surface area contributed by atoms with E-state index in [1.165, 1.54) is 0 Å². The molecule has 17 heavy (non-hydrogen) atoms. The van der Waals surface area contributed by atoms with Crippen LogP contribution in [0, 0.1) is 0 Å². The lowest BCUT2D eigenvalue weighted by Gasteiger charge is -2.04. The number of fused-ring (bicyclic) bond motifs is 1. The second-order valence-corrected chi connectivity index (χ2v) is 4.54. The normalized spacial score (nSPS) is 10.1. The molecular formula is C13H11ClN2S. The molecule has 0 spiro atoms. The summed E-state index contributed by atoms with van der Waals surface area (Å²) >= 11 is 1.68. The van der Waals surface area contributed by atoms with E-state index in [4.69, 9.17) is 5.73 Å². The number of hydrogen-bond donors (Lipinski definition) is 1. The standard InChI is InChI=1S/C13H10N2S.ClH/c14-13-10-5-2-1-4-9(10)8-11(15-13)12-6-3-7-16-12;/h1-8H,(H2,14,15);1H. The summed E-state index contributed by atoms with van der Waals surface area (Å²) in [6, 6.07) is 14.2. The van der Waals surface area contributed by atoms with Crippen molar-refractivity contribution in [3.05, 3.63) is 47.8 Å². The highest BCUT2D eigenvalue weighted by Gasteiger charge is 2.05. The van der Waals surface area contributed by atoms with Crippen LogP contribution in [0.15, 0.2) is 47.8 Å². The largest absolute Gasteiger partial charge is 0.383 e. The van der Waals surface area contributed by atoms with Gasteiger partial charge in [-0.25, -0.2) is 4.98 Å². The molecular weight excluding hydrogens is 252 g/mol. The second kappa shape index (κ2) is 4.73. The number of halogens is 1. The van der Waals surface area contributed by atoms with Crippen LogP contribution >= 0.6 is 23.7 Å². The Morgan fingerprint density at radius 1 is 1.06 bits per heavy atom. The first kappa shape index (κ1) is 11.9. The Kier molecular flexibility index (Phi) is 3.31. The van der Waals surface area contributed by atoms with Gasteiger partial charge >= 0.3 is 0 Å². The van der Waals surface area contributed by atoms with Crippen LogP contribution in [-0.4, -0.2) is 4.98 Å². The number of pyridine rings is 1. The van der Waals surface area contributed by atoms with E-state index >= 15 is 0 Å². The van der Waals surface area contributed by atoms with E-state index in [0.29, 0.717) is 5.82 Å². The lowest BCUT2D eigenvalue weighted by Crippen LogP contribution is -1.93. The van der Waals surface area contributed by atoms with Crippen LogP contribution in [0.5, 0.6) is 0 Å². The Bertz CT molecular complexity index is 635. The topological polar surface area (TPSA) is 38.9 Å². The van der Waals surface area contributed by atoms with Gasteiger partial charge in [-0.15, -0.1) is 23.7 Å². The summed E-state index contributed by atoms with van der Waals surface area (Å²) < 4.78 is 0. The zero-order chi connectivity index (χ0) is 11.0. The van der Waals surface area contributed by atoms with Gasteiger partial charge in [0.25, 0.3) is 0 Å². The van der Waals surface area contributed by atoms with Crippen LogP contribution in [0.25, 0.3) is 21.3 Å². The van der Waals surface area contributed by atoms with Crippen LogP contribution in [0.2, 0.25) is 0 Å². The number of benzene rings is 1. The van der Waals surface area contributed by atoms with Crippen LogP contribution in [0.3, 0.4) is 0 Å². The second-order valence-electron chi connectivity index (χ2n) is 3.59. The maximum Gasteiger partial charge on any atom is 0.132 e. The fourth-order valence-electron chi connectivity index (χ4n) is 1.78. The lowest BCUT2D eigenvalue weighted by molar-refractivity contribution is 1.38. The van der Waals surface area contributed by atoms with E-state index in [2.05, 4.69) is 23.2 Å². The lowest BCUT2D eigenvalue weighted by atomic mass is 10.1. The summed E-state index contributed by atoms with van der Waals surface area (Å²) in [5, 5.41) is 4.20. The number of nitrogens with zero attached hydrogens (tertiary/aromatic N) is 1. The van der Waals surface area contributed by atoms with Crippen molar-refractivity contribution >= 4 is 40.3 Å². The first-order valence-electron chi connectivity index (χ1n) is 5.04. The van der Waals surface area contributed by atoms with Gasteiger partial charge in [0.15, 0.2) is 0 Å². The highest BCUT2D eigenvalue weighted by Crippen LogP contribution is 2.28. The Morgan fingerprint density at radius 3 is 2.65 bits per heavy atom. The van der Waals surface area contributed by atoms with Crippen molar-refractivity contribution in [3.8, 4) is 10.6 Å². The minimum atomic E-state index is 0. The molecule has 0 aliphatic rings. The molecule has 3 rings (SSSR count). The maximum absolute atomic E-state index is 5.96. The minimum Gasteiger partial charge on any atom is -0.383 e. The van der Waals surface area contributed by atoms with E-state index in [1.807, 2.05) is 29.6 Å². The number of rotatable bonds is 1. The molecule has 0 aliphatic carbocycles. The number of anilines is 1. The van der Waals surface area contributed by atoms with Gasteiger partial charge in [-0.2, -0.15) is 0 Å². The zero-order valence-electron chi connectivity index (χ0n) is 8.96. The summed E-state index contributed by atoms with van der Waals surface area (Å²) in [5.74, 6) is 0.599. The number of nitrogen functional groups attached to an aromatic ring is 1. The SMILES string of the molecule is Cl.Nc1nc(-c2cccs2)cc2ccccc12. The van der Waals surface area contributed by atoms with E-state index in [1.54, 1.807) is 11.3 Å². The van der Waals surface area contributed by atoms with Crippen molar-refractivity contribution < 1.29 is 0 Å². The van der Waals surface area contributed by atoms with Crippen LogP contribution in [0.1, 0.15) is 0 Å². The number of thiophene rings is 1. The van der Waals surface area contributed by atoms with Gasteiger partial charge in [0.1, 0.15) is 5.82 Å². The summed E-state index contributed by atoms with van der Waals surface area (Å²) in [6.45, 7) is 0. The van der Waals surface area contributed by atoms with Crippen molar-refractivity contribution in [1.29, 1.82) is 0 Å². The van der Waals surface area contributed by atoms with Gasteiger partial charge in [-0.3, -0.25) is 0 Å². The molecule has 0 bridgehead atoms. The Morgan fingerprint density at radius 2 is 1.88 bits per heavy atom. The molecule has 0 amide bonds. The minimum absolute atomic E-state index is 0. The molecule has 2 heterocycles. The van der Waals surface area contributed by atoms with Crippen LogP contribution in [-0.2, 0) is 0 Å². The van der Waals surface area contributed by atoms with Crippen LogP contribution < -0.4 is 5.73 Å². The van der Waals surface area contributed by atoms with E-state index in [-0.39, 0.29) is 12.4 Å². The van der Waals surface area contributed by atoms with Crippen molar-refractivity contribution in [1.82, 2.24) is 4.98 Å². The Balaban J connectivity index is 0.00000108. The number of aromatic nitrogens is 1. The van der Waals surface area contributed by atoms with Crippen molar-refractivity contribution in [2.24, 2.45) is 0 Å². The first-order chi connectivity index (χ1) is 7.84. The maximum atomic E-state index is 5.96. The third-order valence-electron chi connectivity index (χ3n) is 2.54. The molecule has 2 aromatic heterocycles. The van der Waals surface area contributed by atoms with Crippen molar-refractivity contribution in [2.75, 3.05) is 5.73 Å². The Hall–Kier alpha value is -1.58. The monoisotopic (exact) mass is 262 g/mol. The molecule has 0 saturated carbocycles. The molecule has 1 aromatic carbocycles. The molecule has 0 unspecified atom stereocenters. The van der Waals surface area contributed by atoms with E-state index in [0.717, 1.165) is 21.3 Å². The Labute approximate surface area is 110 Å². The van der Waals surface area contributed by atoms with Crippen molar-refractivity contribution in [3.63, 3.8) is 0 Å². The third kappa shape index (κ3) is 2.12. The summed E-state index contributed by atoms with van der Waals surface area (Å²) in [4.78, 5) is 5.58. The van der Waals surface area contributed by atoms with Crippen LogP contribution in [0.4, 0.5) is 5.82 Å². The molecule has 0 radical (unpaired) electrons. The quantitative estimate of drug-likeness (QED) is 0.721. The summed E-state index contributed by atoms with van der Waals surface area (Å²) in [7, 11) is 0. The summed E-state index contributed by atoms with van der Waals surface area (Å²) in [6.07, 6.45) is 0. The highest BCUT2D eigenvalue weighted by atomic mass is 35.5. The number of nitrogens with two attached hydrogens (primary N) is 1. The molecule has 0 aliphatic heterocycles. The fourth-order valence-corrected chi connectivity index (χ4v) is 2.46. The highest BCUT2D eigenvalue weighted by molar-refractivity contribution is 7.13. The van der Waals surface area contributed by atoms with Gasteiger partial charge < -0.3 is 5.73 Å². The predicted molar refractivity (Wildman–Crippen MR) is 76.7 cm³/mol. The third-order valence-corrected chi connectivity index (χ3v) is 3.44. The molecule has 4 heteroatoms. The zero-order valence-corrected chi connectivity index (χ0v) is 10.6. The smallest absolute Gasteiger partial charge is 0.132 e. The molecule has 86 valence electrons. The van der Waals surface area contributed by atoms with E-state index < -0.39 is 0 Å². The number of hydrogen-bond acceptors (Lipinski definition) is 3. The van der Waals surface area contributed by atoms with Gasteiger partial charge in [0.05, 0.1) is 10.6 Å². The molecule has 0 atom stereocenters. The average Bonchev–Trinajstić information content (AvgIpc) is 2.82. The van der Waals surface area contributed by atoms with E-state index in [9.17, 15) is 0 Å². The van der Waals surface area contributed by atoms with Gasteiger partial charge in [-0.1, -0.05) is 30.3 Å². The van der Waals surface area contributed by atoms with Gasteiger partial charge in [0, 0.05) is 5.39 Å². The van der Waals surface area contributed by atoms with Crippen molar-refractivity contribution in [2.45, 2.75) is 0 Å². The van der Waals surface area contributed by atoms with Gasteiger partial charge in [0.2, 0.25) is 0 Å². The molecule has 0 fully saturated rings. The average molecular weight is 263 g/mol. The van der Waals surface area contributed by atoms with Gasteiger partial charge in [-0.05, 0) is 22.9 Å². The molecule has 0 saturated heterocycles.